The van der Waals surface area contributed by atoms with Gasteiger partial charge in [-0.15, -0.1) is 0 Å². The summed E-state index contributed by atoms with van der Waals surface area (Å²) in [5, 5.41) is 115. The van der Waals surface area contributed by atoms with Gasteiger partial charge in [0.2, 0.25) is 0 Å². The van der Waals surface area contributed by atoms with Crippen molar-refractivity contribution in [3.8, 4) is 0 Å². The number of rotatable bonds is 10. The fraction of sp³-hybridized carbons (Fsp3) is 0.702. The first-order valence-corrected chi connectivity index (χ1v) is 27.7. The van der Waals surface area contributed by atoms with E-state index in [0.29, 0.717) is 0 Å². The summed E-state index contributed by atoms with van der Waals surface area (Å²) in [7, 11) is 2.23. The van der Waals surface area contributed by atoms with E-state index in [-0.39, 0.29) is 81.5 Å². The molecule has 5 unspecified atom stereocenters. The van der Waals surface area contributed by atoms with E-state index in [1.54, 1.807) is 81.5 Å². The summed E-state index contributed by atoms with van der Waals surface area (Å²) in [6.45, 7) is 12.5. The molecule has 0 aromatic carbocycles. The van der Waals surface area contributed by atoms with E-state index < -0.39 is 147 Å². The molecule has 3 rings (SSSR count). The van der Waals surface area contributed by atoms with Crippen LogP contribution in [0.3, 0.4) is 0 Å². The number of nitrogens with one attached hydrogen (secondary N) is 2. The quantitative estimate of drug-likeness (QED) is 0.0849. The second-order valence-electron chi connectivity index (χ2n) is 21.0. The molecule has 0 saturated carbocycles. The van der Waals surface area contributed by atoms with E-state index >= 15 is 0 Å². The number of unbranched alkanes of at least 4 members (excludes halogenated alkanes) is 2. The first kappa shape index (κ1) is 74.2. The molecule has 0 aromatic heterocycles. The molecular formula is C57H95BN3O17U. The average Bonchev–Trinajstić information content (AvgIpc) is 3.36. The molecule has 0 spiro atoms. The summed E-state index contributed by atoms with van der Waals surface area (Å²) in [5.74, 6) is -3.93. The number of allylic oxidation sites excluding steroid dienone is 12. The van der Waals surface area contributed by atoms with Gasteiger partial charge >= 0.3 is 12.0 Å². The predicted molar refractivity (Wildman–Crippen MR) is 297 cm³/mol. The van der Waals surface area contributed by atoms with Gasteiger partial charge in [-0.05, 0) is 40.0 Å². The minimum atomic E-state index is -2.29. The molecule has 20 nitrogen and oxygen atoms in total. The third-order valence-corrected chi connectivity index (χ3v) is 13.9. The van der Waals surface area contributed by atoms with Crippen LogP contribution in [0.25, 0.3) is 0 Å². The molecule has 447 valence electrons. The van der Waals surface area contributed by atoms with E-state index in [2.05, 4.69) is 31.7 Å². The van der Waals surface area contributed by atoms with E-state index in [1.807, 2.05) is 31.2 Å². The summed E-state index contributed by atoms with van der Waals surface area (Å²) in [4.78, 5) is 37.3. The topological polar surface area (TPSA) is 341 Å². The van der Waals surface area contributed by atoms with Gasteiger partial charge < -0.3 is 86.4 Å². The zero-order valence-corrected chi connectivity index (χ0v) is 51.5. The van der Waals surface area contributed by atoms with Gasteiger partial charge in [-0.25, -0.2) is 4.79 Å². The van der Waals surface area contributed by atoms with Crippen molar-refractivity contribution >= 4 is 25.1 Å². The molecular weight excluding hydrogens is 1250 g/mol. The zero-order chi connectivity index (χ0) is 58.4. The number of amides is 2. The SMILES string of the molecule is CC(=O)CCNC(=O)N[C@H]1[C@@H]2C[C@@H](OC3OC(C)C(O)C(N)C3O)/C=C/C=C/C=C/C=C/C=C/C=C/C=C/[C@H](C)[C@@H](O)[C@@H](C)[C@H](C)OC(=O)C[C@H](O)C[C@H](O)CC[C@@H](O)[C@H](O)C[C@H](O)C[C@](O)(C[C@@H]1O)O2.C[B]CCCCC.[U]. The molecule has 2 saturated heterocycles. The van der Waals surface area contributed by atoms with Crippen molar-refractivity contribution in [2.45, 2.75) is 235 Å². The maximum atomic E-state index is 13.1. The second-order valence-corrected chi connectivity index (χ2v) is 21.0. The smallest absolute Gasteiger partial charge is 0.315 e. The number of carbonyl (C=O) groups excluding carboxylic acids is 3. The van der Waals surface area contributed by atoms with Crippen LogP contribution in [0, 0.1) is 42.9 Å². The number of nitrogens with two attached hydrogens (primary N) is 1. The minimum Gasteiger partial charge on any atom is -0.462 e. The molecule has 2 amide bonds. The van der Waals surface area contributed by atoms with Gasteiger partial charge in [-0.3, -0.25) is 9.59 Å². The van der Waals surface area contributed by atoms with Crippen LogP contribution >= 0.6 is 0 Å². The van der Waals surface area contributed by atoms with Crippen LogP contribution in [0.1, 0.15) is 119 Å². The van der Waals surface area contributed by atoms with E-state index in [1.165, 1.54) is 32.5 Å². The molecule has 0 aliphatic carbocycles. The molecule has 0 aromatic rings. The summed E-state index contributed by atoms with van der Waals surface area (Å²) in [6, 6.07) is -3.14. The number of aliphatic hydroxyl groups excluding tert-OH is 9. The first-order valence-electron chi connectivity index (χ1n) is 27.7. The van der Waals surface area contributed by atoms with Crippen LogP contribution in [0.15, 0.2) is 85.1 Å². The minimum absolute atomic E-state index is 0. The Balaban J connectivity index is 0.00000364. The van der Waals surface area contributed by atoms with Gasteiger partial charge in [0.05, 0.1) is 85.6 Å². The van der Waals surface area contributed by atoms with Gasteiger partial charge in [0, 0.05) is 81.6 Å². The Kier molecular flexibility index (Phi) is 37.9. The molecule has 3 aliphatic rings. The zero-order valence-electron chi connectivity index (χ0n) is 47.4. The van der Waals surface area contributed by atoms with Gasteiger partial charge in [-0.2, -0.15) is 0 Å². The third-order valence-electron chi connectivity index (χ3n) is 13.9. The van der Waals surface area contributed by atoms with Crippen molar-refractivity contribution in [1.82, 2.24) is 10.6 Å². The van der Waals surface area contributed by atoms with Crippen molar-refractivity contribution in [2.75, 3.05) is 6.54 Å². The molecule has 14 N–H and O–H groups in total. The number of urea groups is 1. The van der Waals surface area contributed by atoms with Crippen molar-refractivity contribution in [3.63, 3.8) is 0 Å². The van der Waals surface area contributed by atoms with Crippen LogP contribution < -0.4 is 16.4 Å². The molecule has 1 radical (unpaired) electrons. The number of hydrogen-bond donors (Lipinski definition) is 13. The Hall–Kier alpha value is -2.85. The van der Waals surface area contributed by atoms with Gasteiger partial charge in [0.15, 0.2) is 12.1 Å². The number of Topliss-reactive ketones (excluding diaryl/α,β-unsaturated/α-hetero) is 1. The largest absolute Gasteiger partial charge is 0.462 e. The number of cyclic esters (lactones) is 1. The first-order chi connectivity index (χ1) is 36.9. The Labute approximate surface area is 493 Å². The van der Waals surface area contributed by atoms with Crippen molar-refractivity contribution in [1.29, 1.82) is 0 Å². The Morgan fingerprint density at radius 3 is 1.91 bits per heavy atom. The number of aliphatic hydroxyl groups is 10. The van der Waals surface area contributed by atoms with E-state index in [4.69, 9.17) is 24.7 Å². The summed E-state index contributed by atoms with van der Waals surface area (Å²) >= 11 is 0. The van der Waals surface area contributed by atoms with Crippen LogP contribution in [0.4, 0.5) is 4.79 Å². The van der Waals surface area contributed by atoms with Crippen molar-refractivity contribution in [2.24, 2.45) is 17.6 Å². The Morgan fingerprint density at radius 2 is 1.33 bits per heavy atom. The fourth-order valence-electron chi connectivity index (χ4n) is 8.99. The summed E-state index contributed by atoms with van der Waals surface area (Å²) in [6.07, 6.45) is 9.79. The predicted octanol–water partition coefficient (Wildman–Crippen LogP) is 3.01. The number of esters is 1. The summed E-state index contributed by atoms with van der Waals surface area (Å²) in [5.41, 5.74) is 6.09. The van der Waals surface area contributed by atoms with E-state index in [9.17, 15) is 65.4 Å². The number of ether oxygens (including phenoxy) is 4. The van der Waals surface area contributed by atoms with Gasteiger partial charge in [0.25, 0.3) is 0 Å². The van der Waals surface area contributed by atoms with Crippen molar-refractivity contribution in [3.05, 3.63) is 85.1 Å². The monoisotopic (exact) mass is 1340 g/mol. The van der Waals surface area contributed by atoms with E-state index in [0.717, 1.165) is 0 Å². The molecule has 22 heteroatoms. The Bertz CT molecular complexity index is 1940. The van der Waals surface area contributed by atoms with Crippen LogP contribution in [-0.4, -0.2) is 186 Å². The molecule has 19 atom stereocenters. The molecule has 79 heavy (non-hydrogen) atoms. The normalized spacial score (nSPS) is 39.0. The Morgan fingerprint density at radius 1 is 0.734 bits per heavy atom. The van der Waals surface area contributed by atoms with Crippen LogP contribution in [-0.2, 0) is 28.5 Å². The number of carbonyl (C=O) groups is 3. The van der Waals surface area contributed by atoms with Gasteiger partial charge in [-0.1, -0.05) is 138 Å². The number of ketones is 1. The molecule has 2 bridgehead atoms. The standard InChI is InChI=1S/C51H81N3O17.C6H14B.U/c1-30-18-16-14-12-10-8-6-7-9-11-13-15-17-19-38(70-49-48(65)44(52)47(64)34(5)69-49)27-42-45(54-50(66)53-23-22-31(2)55)41(61)29-51(67,71-42)28-37(58)25-40(60)39(59)21-20-35(56)24-36(57)26-43(62)68-33(4)32(3)46(30)63;1-3-4-5-6-7-2;/h6-19,30,32-42,44-49,56-61,63-65,67H,20-29,52H2,1-5H3,(H2,53,54,66);3-6H2,1-2H3;/b7-6+,10-8+,11-9+,14-12+,15-13+,18-16+,19-17+;;/t30-,32-,33-,34?,35+,36+,37-,38-,39+,40+,41-,42-,44?,45+,46+,47?,48?,49?,51+;;/m0../s1. The third kappa shape index (κ3) is 29.8. The summed E-state index contributed by atoms with van der Waals surface area (Å²) < 4.78 is 23.7. The fourth-order valence-corrected chi connectivity index (χ4v) is 8.99. The number of fused-ring (bicyclic) bond motifs is 2. The molecule has 3 heterocycles. The second kappa shape index (κ2) is 40.4. The van der Waals surface area contributed by atoms with Crippen LogP contribution in [0.5, 0.6) is 0 Å². The maximum absolute atomic E-state index is 13.1. The van der Waals surface area contributed by atoms with Gasteiger partial charge in [0.1, 0.15) is 25.3 Å². The molecule has 3 aliphatic heterocycles. The van der Waals surface area contributed by atoms with Crippen LogP contribution in [0.2, 0.25) is 13.1 Å². The maximum Gasteiger partial charge on any atom is 0.315 e. The average molecular weight is 1340 g/mol. The van der Waals surface area contributed by atoms with Crippen molar-refractivity contribution < 1.29 is 116 Å². The molecule has 2 fully saturated rings. The number of hydrogen-bond acceptors (Lipinski definition) is 18.